The number of esters is 2. The average molecular weight is 554 g/mol. The van der Waals surface area contributed by atoms with Gasteiger partial charge in [-0.25, -0.2) is 13.2 Å². The maximum atomic E-state index is 13.5. The quantitative estimate of drug-likeness (QED) is 0.203. The SMILES string of the molecule is C=C(Cl)CN(c1ccccc1C(=O)OC(=O)CCC(C)c1cc(C)ccc1C)S(=O)(=O)c1ccc(C)cc1. The summed E-state index contributed by atoms with van der Waals surface area (Å²) in [4.78, 5) is 25.7. The first-order valence-electron chi connectivity index (χ1n) is 12.2. The van der Waals surface area contributed by atoms with E-state index in [4.69, 9.17) is 16.3 Å². The van der Waals surface area contributed by atoms with Crippen LogP contribution in [0.4, 0.5) is 5.69 Å². The number of hydrogen-bond acceptors (Lipinski definition) is 5. The fraction of sp³-hybridized carbons (Fsp3) is 0.267. The van der Waals surface area contributed by atoms with Crippen LogP contribution in [0.3, 0.4) is 0 Å². The molecule has 6 nitrogen and oxygen atoms in total. The first kappa shape index (κ1) is 29.1. The van der Waals surface area contributed by atoms with Gasteiger partial charge in [0.25, 0.3) is 10.0 Å². The minimum Gasteiger partial charge on any atom is -0.389 e. The molecule has 0 aliphatic heterocycles. The lowest BCUT2D eigenvalue weighted by Gasteiger charge is -2.26. The Morgan fingerprint density at radius 2 is 1.61 bits per heavy atom. The Bertz CT molecular complexity index is 1450. The second-order valence-corrected chi connectivity index (χ2v) is 11.8. The summed E-state index contributed by atoms with van der Waals surface area (Å²) in [5.74, 6) is -1.53. The third kappa shape index (κ3) is 7.11. The van der Waals surface area contributed by atoms with E-state index in [1.54, 1.807) is 24.3 Å². The van der Waals surface area contributed by atoms with Crippen LogP contribution in [0.2, 0.25) is 0 Å². The minimum atomic E-state index is -4.11. The number of rotatable bonds is 10. The van der Waals surface area contributed by atoms with Crippen molar-refractivity contribution in [3.8, 4) is 0 Å². The molecule has 0 saturated carbocycles. The van der Waals surface area contributed by atoms with E-state index in [9.17, 15) is 18.0 Å². The van der Waals surface area contributed by atoms with Crippen LogP contribution >= 0.6 is 11.6 Å². The van der Waals surface area contributed by atoms with Crippen molar-refractivity contribution in [2.45, 2.75) is 51.3 Å². The smallest absolute Gasteiger partial charge is 0.347 e. The lowest BCUT2D eigenvalue weighted by atomic mass is 9.91. The highest BCUT2D eigenvalue weighted by molar-refractivity contribution is 7.92. The molecule has 38 heavy (non-hydrogen) atoms. The van der Waals surface area contributed by atoms with Crippen molar-refractivity contribution in [3.05, 3.63) is 106 Å². The molecule has 0 amide bonds. The number of ether oxygens (including phenoxy) is 1. The number of carbonyl (C=O) groups excluding carboxylic acids is 2. The monoisotopic (exact) mass is 553 g/mol. The van der Waals surface area contributed by atoms with Gasteiger partial charge in [-0.3, -0.25) is 9.10 Å². The second-order valence-electron chi connectivity index (χ2n) is 9.42. The normalized spacial score (nSPS) is 12.0. The third-order valence-electron chi connectivity index (χ3n) is 6.27. The number of benzene rings is 3. The molecule has 0 aromatic heterocycles. The molecule has 0 radical (unpaired) electrons. The maximum absolute atomic E-state index is 13.5. The molecule has 0 aliphatic carbocycles. The van der Waals surface area contributed by atoms with Crippen molar-refractivity contribution in [1.29, 1.82) is 0 Å². The topological polar surface area (TPSA) is 80.8 Å². The van der Waals surface area contributed by atoms with Crippen LogP contribution in [-0.2, 0) is 19.6 Å². The summed E-state index contributed by atoms with van der Waals surface area (Å²) in [6.07, 6.45) is 0.532. The molecule has 0 spiro atoms. The van der Waals surface area contributed by atoms with E-state index in [0.717, 1.165) is 26.6 Å². The Morgan fingerprint density at radius 3 is 2.26 bits per heavy atom. The predicted octanol–water partition coefficient (Wildman–Crippen LogP) is 6.83. The van der Waals surface area contributed by atoms with Gasteiger partial charge < -0.3 is 4.74 Å². The van der Waals surface area contributed by atoms with Gasteiger partial charge in [-0.2, -0.15) is 0 Å². The number of sulfonamides is 1. The van der Waals surface area contributed by atoms with Gasteiger partial charge >= 0.3 is 11.9 Å². The standard InChI is InChI=1S/C30H32ClNO5S/c1-20-11-15-25(16-12-20)38(35,36)32(19-24(5)31)28-9-7-6-8-26(28)30(34)37-29(33)17-14-23(4)27-18-21(2)10-13-22(27)3/h6-13,15-16,18,23H,5,14,17,19H2,1-4H3. The van der Waals surface area contributed by atoms with Crippen LogP contribution in [0.15, 0.2) is 83.2 Å². The molecule has 0 bridgehead atoms. The van der Waals surface area contributed by atoms with E-state index in [0.29, 0.717) is 6.42 Å². The molecular weight excluding hydrogens is 522 g/mol. The van der Waals surface area contributed by atoms with Crippen molar-refractivity contribution in [2.75, 3.05) is 10.8 Å². The Hall–Kier alpha value is -3.42. The van der Waals surface area contributed by atoms with E-state index in [-0.39, 0.29) is 40.1 Å². The van der Waals surface area contributed by atoms with Crippen LogP contribution in [0.1, 0.15) is 58.3 Å². The second kappa shape index (κ2) is 12.4. The van der Waals surface area contributed by atoms with Gasteiger partial charge in [0.05, 0.1) is 22.7 Å². The number of nitrogens with zero attached hydrogens (tertiary/aromatic N) is 1. The number of aryl methyl sites for hydroxylation is 3. The summed E-state index contributed by atoms with van der Waals surface area (Å²) in [5, 5.41) is 0.0559. The highest BCUT2D eigenvalue weighted by atomic mass is 35.5. The van der Waals surface area contributed by atoms with Crippen LogP contribution in [0.25, 0.3) is 0 Å². The van der Waals surface area contributed by atoms with Gasteiger partial charge in [-0.15, -0.1) is 0 Å². The van der Waals surface area contributed by atoms with Crippen molar-refractivity contribution in [1.82, 2.24) is 0 Å². The highest BCUT2D eigenvalue weighted by Gasteiger charge is 2.29. The summed E-state index contributed by atoms with van der Waals surface area (Å²) in [7, 11) is -4.11. The van der Waals surface area contributed by atoms with E-state index in [1.807, 2.05) is 39.8 Å². The largest absolute Gasteiger partial charge is 0.389 e. The Morgan fingerprint density at radius 1 is 0.974 bits per heavy atom. The van der Waals surface area contributed by atoms with Crippen LogP contribution in [0.5, 0.6) is 0 Å². The Balaban J connectivity index is 1.82. The van der Waals surface area contributed by atoms with Gasteiger partial charge in [0.1, 0.15) is 0 Å². The molecule has 3 rings (SSSR count). The van der Waals surface area contributed by atoms with Gasteiger partial charge in [0.15, 0.2) is 0 Å². The van der Waals surface area contributed by atoms with E-state index in [1.165, 1.54) is 24.3 Å². The molecule has 0 N–H and O–H groups in total. The van der Waals surface area contributed by atoms with Crippen molar-refractivity contribution in [2.24, 2.45) is 0 Å². The summed E-state index contributed by atoms with van der Waals surface area (Å²) in [5.41, 5.74) is 4.28. The summed E-state index contributed by atoms with van der Waals surface area (Å²) >= 11 is 6.03. The predicted molar refractivity (Wildman–Crippen MR) is 151 cm³/mol. The molecule has 8 heteroatoms. The van der Waals surface area contributed by atoms with E-state index < -0.39 is 22.0 Å². The molecule has 1 atom stereocenters. The van der Waals surface area contributed by atoms with Gasteiger partial charge in [-0.1, -0.05) is 78.7 Å². The molecule has 0 aliphatic rings. The summed E-state index contributed by atoms with van der Waals surface area (Å²) < 4.78 is 33.2. The van der Waals surface area contributed by atoms with Gasteiger partial charge in [0.2, 0.25) is 0 Å². The van der Waals surface area contributed by atoms with Crippen LogP contribution < -0.4 is 4.31 Å². The first-order chi connectivity index (χ1) is 17.9. The maximum Gasteiger partial charge on any atom is 0.347 e. The molecule has 0 heterocycles. The fourth-order valence-electron chi connectivity index (χ4n) is 4.15. The highest BCUT2D eigenvalue weighted by Crippen LogP contribution is 2.30. The fourth-order valence-corrected chi connectivity index (χ4v) is 5.82. The third-order valence-corrected chi connectivity index (χ3v) is 8.16. The molecule has 0 fully saturated rings. The number of carbonyl (C=O) groups is 2. The number of para-hydroxylation sites is 1. The zero-order chi connectivity index (χ0) is 28.0. The zero-order valence-electron chi connectivity index (χ0n) is 22.0. The summed E-state index contributed by atoms with van der Waals surface area (Å²) in [6, 6.07) is 18.6. The van der Waals surface area contributed by atoms with Crippen molar-refractivity contribution >= 4 is 39.3 Å². The van der Waals surface area contributed by atoms with Crippen LogP contribution in [-0.4, -0.2) is 26.9 Å². The molecule has 3 aromatic carbocycles. The first-order valence-corrected chi connectivity index (χ1v) is 14.1. The Labute approximate surface area is 229 Å². The van der Waals surface area contributed by atoms with E-state index >= 15 is 0 Å². The Kier molecular flexibility index (Phi) is 9.52. The molecule has 1 unspecified atom stereocenters. The lowest BCUT2D eigenvalue weighted by molar-refractivity contribution is -0.138. The molecule has 3 aromatic rings. The molecular formula is C30H32ClNO5S. The number of anilines is 1. The molecule has 200 valence electrons. The van der Waals surface area contributed by atoms with Gasteiger partial charge in [-0.05, 0) is 68.5 Å². The van der Waals surface area contributed by atoms with Crippen LogP contribution in [0, 0.1) is 20.8 Å². The van der Waals surface area contributed by atoms with Gasteiger partial charge in [0, 0.05) is 11.5 Å². The molecule has 0 saturated heterocycles. The minimum absolute atomic E-state index is 0.0284. The van der Waals surface area contributed by atoms with Crippen molar-refractivity contribution in [3.63, 3.8) is 0 Å². The number of halogens is 1. The summed E-state index contributed by atoms with van der Waals surface area (Å²) in [6.45, 7) is 11.3. The van der Waals surface area contributed by atoms with Crippen molar-refractivity contribution < 1.29 is 22.7 Å². The lowest BCUT2D eigenvalue weighted by Crippen LogP contribution is -2.33. The average Bonchev–Trinajstić information content (AvgIpc) is 2.87. The number of hydrogen-bond donors (Lipinski definition) is 0. The van der Waals surface area contributed by atoms with E-state index in [2.05, 4.69) is 12.6 Å². The zero-order valence-corrected chi connectivity index (χ0v) is 23.6.